The van der Waals surface area contributed by atoms with E-state index in [0.29, 0.717) is 5.56 Å². The van der Waals surface area contributed by atoms with Crippen molar-refractivity contribution in [2.45, 2.75) is 36.6 Å². The van der Waals surface area contributed by atoms with Gasteiger partial charge in [0.25, 0.3) is 0 Å². The molecule has 4 nitrogen and oxygen atoms in total. The Morgan fingerprint density at radius 1 is 1.40 bits per heavy atom. The van der Waals surface area contributed by atoms with Crippen molar-refractivity contribution in [2.75, 3.05) is 7.05 Å². The SMILES string of the molecule is CN(C1CCCC1)S(=O)(=O)c1cc(C(N)=S)ccc1Cl. The topological polar surface area (TPSA) is 63.4 Å². The van der Waals surface area contributed by atoms with Crippen LogP contribution < -0.4 is 5.73 Å². The van der Waals surface area contributed by atoms with E-state index in [1.807, 2.05) is 0 Å². The predicted octanol–water partition coefficient (Wildman–Crippen LogP) is 2.54. The van der Waals surface area contributed by atoms with Crippen LogP contribution in [0.25, 0.3) is 0 Å². The van der Waals surface area contributed by atoms with Gasteiger partial charge in [0, 0.05) is 18.7 Å². The van der Waals surface area contributed by atoms with Crippen LogP contribution >= 0.6 is 23.8 Å². The van der Waals surface area contributed by atoms with Crippen molar-refractivity contribution in [2.24, 2.45) is 5.73 Å². The van der Waals surface area contributed by atoms with E-state index in [1.54, 1.807) is 13.1 Å². The van der Waals surface area contributed by atoms with E-state index in [-0.39, 0.29) is 20.9 Å². The van der Waals surface area contributed by atoms with Crippen LogP contribution in [0.3, 0.4) is 0 Å². The third-order valence-electron chi connectivity index (χ3n) is 3.71. The number of nitrogens with two attached hydrogens (primary N) is 1. The smallest absolute Gasteiger partial charge is 0.244 e. The molecule has 0 aliphatic heterocycles. The zero-order chi connectivity index (χ0) is 14.9. The molecule has 1 aromatic rings. The molecule has 1 fully saturated rings. The van der Waals surface area contributed by atoms with Crippen LogP contribution in [0.5, 0.6) is 0 Å². The molecule has 0 amide bonds. The molecule has 0 saturated heterocycles. The molecule has 0 heterocycles. The first-order valence-corrected chi connectivity index (χ1v) is 8.64. The minimum Gasteiger partial charge on any atom is -0.389 e. The first-order chi connectivity index (χ1) is 9.34. The van der Waals surface area contributed by atoms with E-state index in [2.05, 4.69) is 0 Å². The summed E-state index contributed by atoms with van der Waals surface area (Å²) in [6, 6.07) is 4.64. The fourth-order valence-electron chi connectivity index (χ4n) is 2.47. The van der Waals surface area contributed by atoms with Crippen molar-refractivity contribution in [3.05, 3.63) is 28.8 Å². The van der Waals surface area contributed by atoms with Crippen LogP contribution in [-0.2, 0) is 10.0 Å². The van der Waals surface area contributed by atoms with Gasteiger partial charge in [0.1, 0.15) is 9.88 Å². The average Bonchev–Trinajstić information content (AvgIpc) is 2.91. The molecular formula is C13H17ClN2O2S2. The lowest BCUT2D eigenvalue weighted by Gasteiger charge is -2.24. The van der Waals surface area contributed by atoms with Crippen molar-refractivity contribution >= 4 is 38.8 Å². The number of nitrogens with zero attached hydrogens (tertiary/aromatic N) is 1. The molecule has 0 radical (unpaired) electrons. The summed E-state index contributed by atoms with van der Waals surface area (Å²) >= 11 is 10.9. The van der Waals surface area contributed by atoms with Gasteiger partial charge in [0.05, 0.1) is 5.02 Å². The maximum Gasteiger partial charge on any atom is 0.244 e. The predicted molar refractivity (Wildman–Crippen MR) is 84.5 cm³/mol. The summed E-state index contributed by atoms with van der Waals surface area (Å²) in [6.45, 7) is 0. The molecule has 1 aromatic carbocycles. The third-order valence-corrected chi connectivity index (χ3v) is 6.34. The minimum atomic E-state index is -3.62. The summed E-state index contributed by atoms with van der Waals surface area (Å²) in [6.07, 6.45) is 3.90. The highest BCUT2D eigenvalue weighted by atomic mass is 35.5. The summed E-state index contributed by atoms with van der Waals surface area (Å²) in [5, 5.41) is 0.190. The lowest BCUT2D eigenvalue weighted by atomic mass is 10.2. The molecule has 1 aliphatic carbocycles. The summed E-state index contributed by atoms with van der Waals surface area (Å²) < 4.78 is 26.8. The van der Waals surface area contributed by atoms with Crippen molar-refractivity contribution in [1.82, 2.24) is 4.31 Å². The Bertz CT molecular complexity index is 625. The van der Waals surface area contributed by atoms with E-state index in [0.717, 1.165) is 25.7 Å². The van der Waals surface area contributed by atoms with Crippen LogP contribution in [-0.4, -0.2) is 30.8 Å². The molecule has 0 bridgehead atoms. The number of sulfonamides is 1. The van der Waals surface area contributed by atoms with Crippen molar-refractivity contribution in [3.63, 3.8) is 0 Å². The van der Waals surface area contributed by atoms with Gasteiger partial charge in [0.15, 0.2) is 0 Å². The minimum absolute atomic E-state index is 0.0459. The Morgan fingerprint density at radius 3 is 2.55 bits per heavy atom. The Kier molecular flexibility index (Phi) is 4.69. The van der Waals surface area contributed by atoms with Gasteiger partial charge in [-0.3, -0.25) is 0 Å². The highest BCUT2D eigenvalue weighted by molar-refractivity contribution is 7.89. The van der Waals surface area contributed by atoms with Gasteiger partial charge in [-0.05, 0) is 25.0 Å². The highest BCUT2D eigenvalue weighted by Crippen LogP contribution is 2.30. The second-order valence-corrected chi connectivity index (χ2v) is 7.78. The van der Waals surface area contributed by atoms with E-state index < -0.39 is 10.0 Å². The fourth-order valence-corrected chi connectivity index (χ4v) is 4.51. The number of hydrogen-bond donors (Lipinski definition) is 1. The molecule has 0 spiro atoms. The normalized spacial score (nSPS) is 16.8. The van der Waals surface area contributed by atoms with Crippen LogP contribution in [0.2, 0.25) is 5.02 Å². The van der Waals surface area contributed by atoms with Gasteiger partial charge in [-0.1, -0.05) is 42.7 Å². The summed E-state index contributed by atoms with van der Waals surface area (Å²) in [7, 11) is -2.02. The number of thiocarbonyl (C=S) groups is 1. The van der Waals surface area contributed by atoms with E-state index >= 15 is 0 Å². The third kappa shape index (κ3) is 2.98. The molecular weight excluding hydrogens is 316 g/mol. The van der Waals surface area contributed by atoms with Gasteiger partial charge in [-0.25, -0.2) is 8.42 Å². The molecule has 110 valence electrons. The summed E-state index contributed by atoms with van der Waals surface area (Å²) in [4.78, 5) is 0.223. The Morgan fingerprint density at radius 2 is 2.00 bits per heavy atom. The van der Waals surface area contributed by atoms with Crippen LogP contribution in [0.4, 0.5) is 0 Å². The van der Waals surface area contributed by atoms with Gasteiger partial charge < -0.3 is 5.73 Å². The highest BCUT2D eigenvalue weighted by Gasteiger charge is 2.31. The molecule has 7 heteroatoms. The van der Waals surface area contributed by atoms with E-state index in [9.17, 15) is 8.42 Å². The number of hydrogen-bond acceptors (Lipinski definition) is 3. The van der Waals surface area contributed by atoms with E-state index in [4.69, 9.17) is 29.6 Å². The zero-order valence-corrected chi connectivity index (χ0v) is 13.6. The van der Waals surface area contributed by atoms with Gasteiger partial charge in [-0.15, -0.1) is 0 Å². The molecule has 2 rings (SSSR count). The van der Waals surface area contributed by atoms with Gasteiger partial charge >= 0.3 is 0 Å². The first kappa shape index (κ1) is 15.7. The van der Waals surface area contributed by atoms with Crippen LogP contribution in [0, 0.1) is 0 Å². The standard InChI is InChI=1S/C13H17ClN2O2S2/c1-16(10-4-2-3-5-10)20(17,18)12-8-9(13(15)19)6-7-11(12)14/h6-8,10H,2-5H2,1H3,(H2,15,19). The molecule has 0 unspecified atom stereocenters. The Balaban J connectivity index is 2.42. The number of halogens is 1. The van der Waals surface area contributed by atoms with Crippen molar-refractivity contribution in [3.8, 4) is 0 Å². The number of rotatable bonds is 4. The molecule has 1 saturated carbocycles. The van der Waals surface area contributed by atoms with Crippen LogP contribution in [0.1, 0.15) is 31.2 Å². The lowest BCUT2D eigenvalue weighted by Crippen LogP contribution is -2.35. The molecule has 2 N–H and O–H groups in total. The van der Waals surface area contributed by atoms with E-state index in [1.165, 1.54) is 16.4 Å². The number of benzene rings is 1. The first-order valence-electron chi connectivity index (χ1n) is 6.41. The fraction of sp³-hybridized carbons (Fsp3) is 0.462. The van der Waals surface area contributed by atoms with Crippen molar-refractivity contribution < 1.29 is 8.42 Å². The molecule has 1 aliphatic rings. The van der Waals surface area contributed by atoms with Crippen LogP contribution in [0.15, 0.2) is 23.1 Å². The summed E-state index contributed by atoms with van der Waals surface area (Å²) in [5.74, 6) is 0. The Hall–Kier alpha value is -0.690. The zero-order valence-electron chi connectivity index (χ0n) is 11.2. The van der Waals surface area contributed by atoms with Crippen molar-refractivity contribution in [1.29, 1.82) is 0 Å². The second-order valence-electron chi connectivity index (χ2n) is 4.97. The average molecular weight is 333 g/mol. The Labute approximate surface area is 130 Å². The monoisotopic (exact) mass is 332 g/mol. The largest absolute Gasteiger partial charge is 0.389 e. The summed E-state index contributed by atoms with van der Waals surface area (Å²) in [5.41, 5.74) is 6.06. The quantitative estimate of drug-likeness (QED) is 0.861. The lowest BCUT2D eigenvalue weighted by molar-refractivity contribution is 0.373. The maximum atomic E-state index is 12.7. The molecule has 0 atom stereocenters. The second kappa shape index (κ2) is 5.97. The molecule has 20 heavy (non-hydrogen) atoms. The van der Waals surface area contributed by atoms with Gasteiger partial charge in [0.2, 0.25) is 10.0 Å². The maximum absolute atomic E-state index is 12.7. The van der Waals surface area contributed by atoms with Gasteiger partial charge in [-0.2, -0.15) is 4.31 Å². The molecule has 0 aromatic heterocycles.